The van der Waals surface area contributed by atoms with Crippen LogP contribution >= 0.6 is 11.3 Å². The molecule has 0 spiro atoms. The molecule has 0 saturated heterocycles. The number of hydrogen-bond acceptors (Lipinski definition) is 4. The maximum Gasteiger partial charge on any atom is 0.255 e. The Labute approximate surface area is 183 Å². The Bertz CT molecular complexity index is 963. The summed E-state index contributed by atoms with van der Waals surface area (Å²) in [6.07, 6.45) is 7.87. The Kier molecular flexibility index (Phi) is 8.21. The first-order valence-corrected chi connectivity index (χ1v) is 11.4. The highest BCUT2D eigenvalue weighted by Crippen LogP contribution is 2.27. The van der Waals surface area contributed by atoms with Crippen LogP contribution in [0.5, 0.6) is 0 Å². The summed E-state index contributed by atoms with van der Waals surface area (Å²) in [5.41, 5.74) is 4.57. The number of benzene rings is 2. The van der Waals surface area contributed by atoms with Crippen LogP contribution in [-0.2, 0) is 6.42 Å². The summed E-state index contributed by atoms with van der Waals surface area (Å²) in [7, 11) is 0. The van der Waals surface area contributed by atoms with Crippen molar-refractivity contribution >= 4 is 28.1 Å². The number of nitrogens with one attached hydrogen (secondary N) is 2. The van der Waals surface area contributed by atoms with Crippen molar-refractivity contribution in [1.29, 1.82) is 0 Å². The number of hydrogen-bond donors (Lipinski definition) is 2. The van der Waals surface area contributed by atoms with Gasteiger partial charge in [-0.05, 0) is 42.7 Å². The highest BCUT2D eigenvalue weighted by molar-refractivity contribution is 7.14. The van der Waals surface area contributed by atoms with Crippen molar-refractivity contribution in [3.63, 3.8) is 0 Å². The first-order chi connectivity index (χ1) is 14.7. The summed E-state index contributed by atoms with van der Waals surface area (Å²) in [5, 5.41) is 9.05. The van der Waals surface area contributed by atoms with Crippen LogP contribution < -0.4 is 10.6 Å². The number of carbonyl (C=O) groups excluding carboxylic acids is 1. The van der Waals surface area contributed by atoms with Crippen LogP contribution in [0.2, 0.25) is 0 Å². The Morgan fingerprint density at radius 1 is 1.13 bits per heavy atom. The van der Waals surface area contributed by atoms with Crippen LogP contribution in [0.3, 0.4) is 0 Å². The van der Waals surface area contributed by atoms with Crippen LogP contribution in [0, 0.1) is 0 Å². The summed E-state index contributed by atoms with van der Waals surface area (Å²) >= 11 is 1.55. The Morgan fingerprint density at radius 2 is 1.97 bits per heavy atom. The van der Waals surface area contributed by atoms with E-state index in [9.17, 15) is 4.79 Å². The van der Waals surface area contributed by atoms with E-state index in [1.165, 1.54) is 31.2 Å². The molecule has 1 heterocycles. The Hall–Kier alpha value is -2.92. The number of unbranched alkanes of at least 4 members (excludes halogenated alkanes) is 3. The maximum atomic E-state index is 12.7. The van der Waals surface area contributed by atoms with Crippen molar-refractivity contribution in [2.24, 2.45) is 0 Å². The van der Waals surface area contributed by atoms with Gasteiger partial charge >= 0.3 is 0 Å². The van der Waals surface area contributed by atoms with E-state index in [1.807, 2.05) is 41.8 Å². The quantitative estimate of drug-likeness (QED) is 0.266. The summed E-state index contributed by atoms with van der Waals surface area (Å²) < 4.78 is 0. The minimum absolute atomic E-state index is 0.101. The average Bonchev–Trinajstić information content (AvgIpc) is 3.25. The number of nitrogens with zero attached hydrogens (tertiary/aromatic N) is 1. The van der Waals surface area contributed by atoms with Gasteiger partial charge in [0.2, 0.25) is 0 Å². The molecule has 3 aromatic rings. The standard InChI is InChI=1S/C25H29N3OS/c1-3-5-6-7-9-19-12-14-20(15-13-19)24(29)27-22-11-8-10-21(17-22)23-18-30-25(28-23)26-16-4-2/h4,8,10-15,17-18H,2-3,5-7,9,16H2,1H3,(H,26,28)(H,27,29). The number of aromatic nitrogens is 1. The van der Waals surface area contributed by atoms with E-state index < -0.39 is 0 Å². The van der Waals surface area contributed by atoms with E-state index in [2.05, 4.69) is 41.3 Å². The fourth-order valence-corrected chi connectivity index (χ4v) is 3.91. The average molecular weight is 420 g/mol. The van der Waals surface area contributed by atoms with Gasteiger partial charge in [0.05, 0.1) is 5.69 Å². The van der Waals surface area contributed by atoms with E-state index in [4.69, 9.17) is 0 Å². The van der Waals surface area contributed by atoms with Gasteiger partial charge in [-0.1, -0.05) is 56.5 Å². The molecule has 0 aliphatic heterocycles. The lowest BCUT2D eigenvalue weighted by Gasteiger charge is -2.08. The maximum absolute atomic E-state index is 12.7. The van der Waals surface area contributed by atoms with Gasteiger partial charge in [-0.15, -0.1) is 17.9 Å². The topological polar surface area (TPSA) is 54.0 Å². The molecule has 0 aliphatic rings. The largest absolute Gasteiger partial charge is 0.358 e. The summed E-state index contributed by atoms with van der Waals surface area (Å²) in [6, 6.07) is 15.7. The number of rotatable bonds is 11. The second-order valence-corrected chi connectivity index (χ2v) is 8.11. The van der Waals surface area contributed by atoms with Crippen LogP contribution in [0.25, 0.3) is 11.3 Å². The lowest BCUT2D eigenvalue weighted by molar-refractivity contribution is 0.102. The third kappa shape index (κ3) is 6.29. The van der Waals surface area contributed by atoms with E-state index in [1.54, 1.807) is 17.4 Å². The highest BCUT2D eigenvalue weighted by atomic mass is 32.1. The van der Waals surface area contributed by atoms with E-state index in [0.29, 0.717) is 12.1 Å². The monoisotopic (exact) mass is 419 g/mol. The van der Waals surface area contributed by atoms with Crippen LogP contribution in [0.15, 0.2) is 66.6 Å². The SMILES string of the molecule is C=CCNc1nc(-c2cccc(NC(=O)c3ccc(CCCCCC)cc3)c2)cs1. The van der Waals surface area contributed by atoms with Crippen LogP contribution in [0.1, 0.15) is 48.5 Å². The molecule has 0 fully saturated rings. The summed E-state index contributed by atoms with van der Waals surface area (Å²) in [5.74, 6) is -0.101. The third-order valence-electron chi connectivity index (χ3n) is 4.85. The van der Waals surface area contributed by atoms with Crippen molar-refractivity contribution in [3.8, 4) is 11.3 Å². The number of aryl methyl sites for hydroxylation is 1. The molecule has 156 valence electrons. The van der Waals surface area contributed by atoms with Gasteiger partial charge in [-0.2, -0.15) is 0 Å². The fourth-order valence-electron chi connectivity index (χ4n) is 3.19. The molecule has 0 unspecified atom stereocenters. The Morgan fingerprint density at radius 3 is 2.73 bits per heavy atom. The number of thiazole rings is 1. The van der Waals surface area contributed by atoms with Gasteiger partial charge in [0.15, 0.2) is 5.13 Å². The minimum atomic E-state index is -0.101. The second kappa shape index (κ2) is 11.3. The van der Waals surface area contributed by atoms with E-state index in [-0.39, 0.29) is 5.91 Å². The van der Waals surface area contributed by atoms with E-state index >= 15 is 0 Å². The number of amides is 1. The minimum Gasteiger partial charge on any atom is -0.358 e. The van der Waals surface area contributed by atoms with Crippen LogP contribution in [0.4, 0.5) is 10.8 Å². The van der Waals surface area contributed by atoms with Crippen molar-refractivity contribution in [2.75, 3.05) is 17.2 Å². The van der Waals surface area contributed by atoms with Crippen molar-refractivity contribution in [2.45, 2.75) is 39.0 Å². The fraction of sp³-hybridized carbons (Fsp3) is 0.280. The van der Waals surface area contributed by atoms with Gasteiger partial charge in [0.25, 0.3) is 5.91 Å². The van der Waals surface area contributed by atoms with Gasteiger partial charge in [-0.25, -0.2) is 4.98 Å². The molecule has 3 rings (SSSR count). The first-order valence-electron chi connectivity index (χ1n) is 10.5. The summed E-state index contributed by atoms with van der Waals surface area (Å²) in [4.78, 5) is 17.2. The molecule has 2 aromatic carbocycles. The Balaban J connectivity index is 1.60. The molecular formula is C25H29N3OS. The number of carbonyl (C=O) groups is 1. The van der Waals surface area contributed by atoms with Gasteiger partial charge in [-0.3, -0.25) is 4.79 Å². The molecular weight excluding hydrogens is 390 g/mol. The molecule has 4 nitrogen and oxygen atoms in total. The molecule has 1 aromatic heterocycles. The molecule has 5 heteroatoms. The van der Waals surface area contributed by atoms with Crippen molar-refractivity contribution < 1.29 is 4.79 Å². The lowest BCUT2D eigenvalue weighted by atomic mass is 10.0. The second-order valence-electron chi connectivity index (χ2n) is 7.25. The molecule has 0 aliphatic carbocycles. The van der Waals surface area contributed by atoms with Crippen LogP contribution in [-0.4, -0.2) is 17.4 Å². The molecule has 2 N–H and O–H groups in total. The first kappa shape index (κ1) is 21.8. The molecule has 1 amide bonds. The normalized spacial score (nSPS) is 10.6. The molecule has 0 radical (unpaired) electrons. The van der Waals surface area contributed by atoms with Gasteiger partial charge in [0, 0.05) is 28.7 Å². The molecule has 0 bridgehead atoms. The zero-order chi connectivity index (χ0) is 21.2. The lowest BCUT2D eigenvalue weighted by Crippen LogP contribution is -2.11. The third-order valence-corrected chi connectivity index (χ3v) is 5.65. The van der Waals surface area contributed by atoms with Gasteiger partial charge in [0.1, 0.15) is 0 Å². The zero-order valence-corrected chi connectivity index (χ0v) is 18.3. The van der Waals surface area contributed by atoms with Crippen molar-refractivity contribution in [1.82, 2.24) is 4.98 Å². The number of anilines is 2. The molecule has 0 saturated carbocycles. The molecule has 30 heavy (non-hydrogen) atoms. The van der Waals surface area contributed by atoms with Gasteiger partial charge < -0.3 is 10.6 Å². The molecule has 0 atom stereocenters. The van der Waals surface area contributed by atoms with E-state index in [0.717, 1.165) is 28.5 Å². The zero-order valence-electron chi connectivity index (χ0n) is 17.5. The van der Waals surface area contributed by atoms with Crippen molar-refractivity contribution in [3.05, 3.63) is 77.7 Å². The predicted octanol–water partition coefficient (Wildman–Crippen LogP) is 6.78. The highest BCUT2D eigenvalue weighted by Gasteiger charge is 2.09. The summed E-state index contributed by atoms with van der Waals surface area (Å²) in [6.45, 7) is 6.61. The smallest absolute Gasteiger partial charge is 0.255 e. The predicted molar refractivity (Wildman–Crippen MR) is 128 cm³/mol.